The molecular formula is C11H17NO2. The lowest BCUT2D eigenvalue weighted by Crippen LogP contribution is -2.22. The summed E-state index contributed by atoms with van der Waals surface area (Å²) < 4.78 is 0. The zero-order chi connectivity index (χ0) is 10.2. The molecule has 3 heteroatoms. The van der Waals surface area contributed by atoms with Gasteiger partial charge in [-0.15, -0.1) is 0 Å². The first kappa shape index (κ1) is 11.2. The first-order chi connectivity index (χ1) is 6.83. The minimum absolute atomic E-state index is 0.160. The summed E-state index contributed by atoms with van der Waals surface area (Å²) in [5.41, 5.74) is 1.23. The lowest BCUT2D eigenvalue weighted by atomic mass is 10.2. The molecule has 14 heavy (non-hydrogen) atoms. The maximum absolute atomic E-state index is 9.07. The van der Waals surface area contributed by atoms with Crippen LogP contribution < -0.4 is 5.32 Å². The van der Waals surface area contributed by atoms with Crippen LogP contribution in [0.4, 0.5) is 0 Å². The van der Waals surface area contributed by atoms with Crippen LogP contribution in [0, 0.1) is 0 Å². The summed E-state index contributed by atoms with van der Waals surface area (Å²) >= 11 is 0. The molecule has 3 N–H and O–H groups in total. The van der Waals surface area contributed by atoms with Gasteiger partial charge in [0.05, 0.1) is 12.7 Å². The Kier molecular flexibility index (Phi) is 5.22. The van der Waals surface area contributed by atoms with E-state index in [-0.39, 0.29) is 6.61 Å². The van der Waals surface area contributed by atoms with Crippen LogP contribution in [0.3, 0.4) is 0 Å². The van der Waals surface area contributed by atoms with E-state index in [4.69, 9.17) is 10.2 Å². The maximum Gasteiger partial charge on any atom is 0.0783 e. The molecule has 1 rings (SSSR count). The highest BCUT2D eigenvalue weighted by atomic mass is 16.3. The van der Waals surface area contributed by atoms with Crippen LogP contribution in [0.1, 0.15) is 12.0 Å². The van der Waals surface area contributed by atoms with E-state index >= 15 is 0 Å². The van der Waals surface area contributed by atoms with Gasteiger partial charge in [-0.3, -0.25) is 0 Å². The van der Waals surface area contributed by atoms with Gasteiger partial charge in [0.25, 0.3) is 0 Å². The highest BCUT2D eigenvalue weighted by Gasteiger charge is 1.99. The van der Waals surface area contributed by atoms with Crippen molar-refractivity contribution in [3.63, 3.8) is 0 Å². The number of benzene rings is 1. The van der Waals surface area contributed by atoms with E-state index in [9.17, 15) is 0 Å². The summed E-state index contributed by atoms with van der Waals surface area (Å²) in [6, 6.07) is 10.1. The van der Waals surface area contributed by atoms with Crippen molar-refractivity contribution < 1.29 is 10.2 Å². The second kappa shape index (κ2) is 6.54. The topological polar surface area (TPSA) is 52.5 Å². The van der Waals surface area contributed by atoms with Gasteiger partial charge in [-0.05, 0) is 18.5 Å². The lowest BCUT2D eigenvalue weighted by molar-refractivity contribution is 0.0883. The summed E-state index contributed by atoms with van der Waals surface area (Å²) in [5, 5.41) is 20.8. The highest BCUT2D eigenvalue weighted by molar-refractivity contribution is 5.14. The van der Waals surface area contributed by atoms with Crippen molar-refractivity contribution in [2.45, 2.75) is 19.1 Å². The van der Waals surface area contributed by atoms with Gasteiger partial charge in [-0.25, -0.2) is 0 Å². The largest absolute Gasteiger partial charge is 0.394 e. The van der Waals surface area contributed by atoms with Gasteiger partial charge < -0.3 is 15.5 Å². The Hall–Kier alpha value is -0.900. The van der Waals surface area contributed by atoms with Crippen LogP contribution in [0.25, 0.3) is 0 Å². The molecule has 0 aliphatic carbocycles. The van der Waals surface area contributed by atoms with Crippen LogP contribution in [-0.2, 0) is 6.54 Å². The number of hydrogen-bond acceptors (Lipinski definition) is 3. The van der Waals surface area contributed by atoms with Crippen LogP contribution in [0.15, 0.2) is 30.3 Å². The van der Waals surface area contributed by atoms with E-state index < -0.39 is 6.10 Å². The molecule has 0 fully saturated rings. The normalized spacial score (nSPS) is 12.7. The molecule has 0 unspecified atom stereocenters. The average Bonchev–Trinajstić information content (AvgIpc) is 2.25. The van der Waals surface area contributed by atoms with E-state index in [0.29, 0.717) is 6.42 Å². The molecule has 0 aliphatic rings. The first-order valence-corrected chi connectivity index (χ1v) is 4.86. The lowest BCUT2D eigenvalue weighted by Gasteiger charge is -2.07. The van der Waals surface area contributed by atoms with Crippen LogP contribution >= 0.6 is 0 Å². The Balaban J connectivity index is 2.10. The molecule has 0 bridgehead atoms. The predicted octanol–water partition coefficient (Wildman–Crippen LogP) is 0.519. The van der Waals surface area contributed by atoms with Crippen molar-refractivity contribution in [3.05, 3.63) is 35.9 Å². The standard InChI is InChI=1S/C11H17NO2/c13-9-11(14)6-7-12-8-10-4-2-1-3-5-10/h1-5,11-14H,6-9H2/t11-/m0/s1. The smallest absolute Gasteiger partial charge is 0.0783 e. The number of hydrogen-bond donors (Lipinski definition) is 3. The molecule has 0 radical (unpaired) electrons. The number of aliphatic hydroxyl groups is 2. The fourth-order valence-corrected chi connectivity index (χ4v) is 1.19. The summed E-state index contributed by atoms with van der Waals surface area (Å²) in [5.74, 6) is 0. The summed E-state index contributed by atoms with van der Waals surface area (Å²) in [6.45, 7) is 1.36. The fourth-order valence-electron chi connectivity index (χ4n) is 1.19. The van der Waals surface area contributed by atoms with Gasteiger partial charge in [-0.2, -0.15) is 0 Å². The highest BCUT2D eigenvalue weighted by Crippen LogP contribution is 1.97. The molecule has 0 aliphatic heterocycles. The Morgan fingerprint density at radius 1 is 1.21 bits per heavy atom. The molecule has 0 amide bonds. The molecule has 1 aromatic carbocycles. The Bertz CT molecular complexity index is 238. The Morgan fingerprint density at radius 3 is 2.57 bits per heavy atom. The molecule has 0 saturated heterocycles. The Morgan fingerprint density at radius 2 is 1.93 bits per heavy atom. The van der Waals surface area contributed by atoms with Gasteiger partial charge in [0.1, 0.15) is 0 Å². The monoisotopic (exact) mass is 195 g/mol. The molecule has 78 valence electrons. The third-order valence-electron chi connectivity index (χ3n) is 2.04. The van der Waals surface area contributed by atoms with E-state index in [2.05, 4.69) is 17.4 Å². The molecule has 1 atom stereocenters. The van der Waals surface area contributed by atoms with Crippen molar-refractivity contribution in [1.29, 1.82) is 0 Å². The second-order valence-electron chi connectivity index (χ2n) is 3.29. The molecule has 1 aromatic rings. The zero-order valence-electron chi connectivity index (χ0n) is 8.19. The van der Waals surface area contributed by atoms with Crippen molar-refractivity contribution in [2.24, 2.45) is 0 Å². The zero-order valence-corrected chi connectivity index (χ0v) is 8.19. The minimum Gasteiger partial charge on any atom is -0.394 e. The summed E-state index contributed by atoms with van der Waals surface area (Å²) in [4.78, 5) is 0. The fraction of sp³-hybridized carbons (Fsp3) is 0.455. The summed E-state index contributed by atoms with van der Waals surface area (Å²) in [7, 11) is 0. The van der Waals surface area contributed by atoms with Gasteiger partial charge in [0.2, 0.25) is 0 Å². The molecule has 3 nitrogen and oxygen atoms in total. The third-order valence-corrected chi connectivity index (χ3v) is 2.04. The molecular weight excluding hydrogens is 178 g/mol. The SMILES string of the molecule is OC[C@@H](O)CCNCc1ccccc1. The van der Waals surface area contributed by atoms with Gasteiger partial charge in [0, 0.05) is 6.54 Å². The predicted molar refractivity (Wildman–Crippen MR) is 55.9 cm³/mol. The molecule has 0 saturated carbocycles. The van der Waals surface area contributed by atoms with Crippen molar-refractivity contribution in [2.75, 3.05) is 13.2 Å². The second-order valence-corrected chi connectivity index (χ2v) is 3.29. The summed E-state index contributed by atoms with van der Waals surface area (Å²) in [6.07, 6.45) is -0.0122. The molecule has 0 aromatic heterocycles. The quantitative estimate of drug-likeness (QED) is 0.580. The third kappa shape index (κ3) is 4.37. The number of rotatable bonds is 6. The Labute approximate surface area is 84.4 Å². The van der Waals surface area contributed by atoms with E-state index in [1.165, 1.54) is 5.56 Å². The molecule has 0 heterocycles. The van der Waals surface area contributed by atoms with Gasteiger partial charge in [0.15, 0.2) is 0 Å². The van der Waals surface area contributed by atoms with Crippen molar-refractivity contribution >= 4 is 0 Å². The van der Waals surface area contributed by atoms with Crippen molar-refractivity contribution in [1.82, 2.24) is 5.32 Å². The molecule has 0 spiro atoms. The first-order valence-electron chi connectivity index (χ1n) is 4.86. The van der Waals surface area contributed by atoms with Crippen molar-refractivity contribution in [3.8, 4) is 0 Å². The van der Waals surface area contributed by atoms with E-state index in [0.717, 1.165) is 13.1 Å². The van der Waals surface area contributed by atoms with Crippen LogP contribution in [0.2, 0.25) is 0 Å². The van der Waals surface area contributed by atoms with E-state index in [1.807, 2.05) is 18.2 Å². The van der Waals surface area contributed by atoms with E-state index in [1.54, 1.807) is 0 Å². The minimum atomic E-state index is -0.599. The van der Waals surface area contributed by atoms with Gasteiger partial charge in [-0.1, -0.05) is 30.3 Å². The van der Waals surface area contributed by atoms with Gasteiger partial charge >= 0.3 is 0 Å². The maximum atomic E-state index is 9.07. The van der Waals surface area contributed by atoms with Crippen LogP contribution in [0.5, 0.6) is 0 Å². The average molecular weight is 195 g/mol. The number of aliphatic hydroxyl groups excluding tert-OH is 2. The van der Waals surface area contributed by atoms with Crippen LogP contribution in [-0.4, -0.2) is 29.5 Å². The number of nitrogens with one attached hydrogen (secondary N) is 1.